The molecule has 2 aromatic carbocycles. The SMILES string of the molecule is Fc1ccc(N2CCN(CCCNC(=S)Nc3ccc(Cl)cc3)CC2)cc1. The third-order valence-corrected chi connectivity index (χ3v) is 5.10. The van der Waals surface area contributed by atoms with Crippen molar-refractivity contribution < 1.29 is 4.39 Å². The summed E-state index contributed by atoms with van der Waals surface area (Å²) in [5.74, 6) is -0.187. The molecular weight excluding hydrogens is 383 g/mol. The predicted octanol–water partition coefficient (Wildman–Crippen LogP) is 3.98. The summed E-state index contributed by atoms with van der Waals surface area (Å²) in [6.45, 7) is 5.84. The molecule has 0 saturated carbocycles. The molecule has 0 aromatic heterocycles. The van der Waals surface area contributed by atoms with Crippen molar-refractivity contribution in [1.82, 2.24) is 10.2 Å². The zero-order chi connectivity index (χ0) is 19.1. The lowest BCUT2D eigenvalue weighted by Crippen LogP contribution is -2.47. The molecule has 0 amide bonds. The highest BCUT2D eigenvalue weighted by molar-refractivity contribution is 7.80. The molecule has 1 saturated heterocycles. The molecule has 3 rings (SSSR count). The van der Waals surface area contributed by atoms with Crippen LogP contribution in [0.4, 0.5) is 15.8 Å². The number of piperazine rings is 1. The largest absolute Gasteiger partial charge is 0.369 e. The van der Waals surface area contributed by atoms with Crippen molar-refractivity contribution in [3.8, 4) is 0 Å². The first-order valence-corrected chi connectivity index (χ1v) is 9.92. The van der Waals surface area contributed by atoms with E-state index in [1.54, 1.807) is 0 Å². The second-order valence-corrected chi connectivity index (χ2v) is 7.39. The maximum Gasteiger partial charge on any atom is 0.170 e. The number of anilines is 2. The van der Waals surface area contributed by atoms with Crippen LogP contribution in [0.3, 0.4) is 0 Å². The molecule has 0 aliphatic carbocycles. The van der Waals surface area contributed by atoms with E-state index in [2.05, 4.69) is 20.4 Å². The molecule has 0 atom stereocenters. The summed E-state index contributed by atoms with van der Waals surface area (Å²) in [5, 5.41) is 7.72. The molecule has 1 heterocycles. The van der Waals surface area contributed by atoms with E-state index in [4.69, 9.17) is 23.8 Å². The van der Waals surface area contributed by atoms with Crippen molar-refractivity contribution in [3.63, 3.8) is 0 Å². The topological polar surface area (TPSA) is 30.5 Å². The Morgan fingerprint density at radius 1 is 1.00 bits per heavy atom. The van der Waals surface area contributed by atoms with Gasteiger partial charge in [-0.3, -0.25) is 4.90 Å². The Morgan fingerprint density at radius 3 is 2.33 bits per heavy atom. The van der Waals surface area contributed by atoms with Gasteiger partial charge in [-0.15, -0.1) is 0 Å². The summed E-state index contributed by atoms with van der Waals surface area (Å²) >= 11 is 11.2. The number of halogens is 2. The molecule has 0 spiro atoms. The molecule has 4 nitrogen and oxygen atoms in total. The van der Waals surface area contributed by atoms with E-state index < -0.39 is 0 Å². The lowest BCUT2D eigenvalue weighted by atomic mass is 10.2. The van der Waals surface area contributed by atoms with Gasteiger partial charge < -0.3 is 15.5 Å². The van der Waals surface area contributed by atoms with Gasteiger partial charge in [0.2, 0.25) is 0 Å². The monoisotopic (exact) mass is 406 g/mol. The highest BCUT2D eigenvalue weighted by atomic mass is 35.5. The summed E-state index contributed by atoms with van der Waals surface area (Å²) in [4.78, 5) is 4.76. The Morgan fingerprint density at radius 2 is 1.67 bits per heavy atom. The van der Waals surface area contributed by atoms with Crippen LogP contribution >= 0.6 is 23.8 Å². The standard InChI is InChI=1S/C20H24ClFN4S/c21-16-2-6-18(7-3-16)24-20(27)23-10-1-11-25-12-14-26(15-13-25)19-8-4-17(22)5-9-19/h2-9H,1,10-15H2,(H2,23,24,27). The molecule has 0 radical (unpaired) electrons. The van der Waals surface area contributed by atoms with Crippen molar-refractivity contribution in [3.05, 3.63) is 59.4 Å². The van der Waals surface area contributed by atoms with E-state index in [1.807, 2.05) is 36.4 Å². The van der Waals surface area contributed by atoms with E-state index in [9.17, 15) is 4.39 Å². The smallest absolute Gasteiger partial charge is 0.170 e. The first kappa shape index (κ1) is 19.9. The first-order valence-electron chi connectivity index (χ1n) is 9.13. The number of nitrogens with one attached hydrogen (secondary N) is 2. The molecule has 0 unspecified atom stereocenters. The van der Waals surface area contributed by atoms with Crippen molar-refractivity contribution in [2.45, 2.75) is 6.42 Å². The molecule has 2 aromatic rings. The second-order valence-electron chi connectivity index (χ2n) is 6.55. The Kier molecular flexibility index (Phi) is 7.26. The number of nitrogens with zero attached hydrogens (tertiary/aromatic N) is 2. The Bertz CT molecular complexity index is 731. The van der Waals surface area contributed by atoms with Gasteiger partial charge in [0.25, 0.3) is 0 Å². The fraction of sp³-hybridized carbons (Fsp3) is 0.350. The van der Waals surface area contributed by atoms with Gasteiger partial charge in [0.1, 0.15) is 5.82 Å². The molecule has 1 aliphatic heterocycles. The second kappa shape index (κ2) is 9.88. The summed E-state index contributed by atoms with van der Waals surface area (Å²) < 4.78 is 13.0. The number of benzene rings is 2. The van der Waals surface area contributed by atoms with Gasteiger partial charge in [-0.25, -0.2) is 4.39 Å². The van der Waals surface area contributed by atoms with Crippen LogP contribution in [-0.2, 0) is 0 Å². The summed E-state index contributed by atoms with van der Waals surface area (Å²) in [6.07, 6.45) is 1.03. The summed E-state index contributed by atoms with van der Waals surface area (Å²) in [5.41, 5.74) is 2.02. The minimum Gasteiger partial charge on any atom is -0.369 e. The van der Waals surface area contributed by atoms with Crippen LogP contribution in [0.25, 0.3) is 0 Å². The highest BCUT2D eigenvalue weighted by Gasteiger charge is 2.16. The molecule has 1 aliphatic rings. The van der Waals surface area contributed by atoms with Gasteiger partial charge in [0, 0.05) is 49.1 Å². The van der Waals surface area contributed by atoms with Crippen molar-refractivity contribution in [2.24, 2.45) is 0 Å². The Balaban J connectivity index is 1.30. The minimum absolute atomic E-state index is 0.187. The number of thiocarbonyl (C=S) groups is 1. The Labute approximate surface area is 170 Å². The zero-order valence-electron chi connectivity index (χ0n) is 15.1. The van der Waals surface area contributed by atoms with Crippen LogP contribution in [0, 0.1) is 5.82 Å². The van der Waals surface area contributed by atoms with Gasteiger partial charge in [0.05, 0.1) is 0 Å². The molecule has 0 bridgehead atoms. The van der Waals surface area contributed by atoms with Crippen molar-refractivity contribution in [2.75, 3.05) is 49.5 Å². The minimum atomic E-state index is -0.187. The van der Waals surface area contributed by atoms with Gasteiger partial charge in [-0.05, 0) is 73.7 Å². The number of rotatable bonds is 6. The first-order chi connectivity index (χ1) is 13.1. The van der Waals surface area contributed by atoms with Gasteiger partial charge in [0.15, 0.2) is 5.11 Å². The fourth-order valence-corrected chi connectivity index (χ4v) is 3.44. The molecular formula is C20H24ClFN4S. The van der Waals surface area contributed by atoms with E-state index in [0.717, 1.165) is 57.1 Å². The van der Waals surface area contributed by atoms with E-state index >= 15 is 0 Å². The van der Waals surface area contributed by atoms with Gasteiger partial charge in [-0.2, -0.15) is 0 Å². The average molecular weight is 407 g/mol. The van der Waals surface area contributed by atoms with Crippen LogP contribution in [-0.4, -0.2) is 49.3 Å². The predicted molar refractivity (Wildman–Crippen MR) is 115 cm³/mol. The quantitative estimate of drug-likeness (QED) is 0.559. The van der Waals surface area contributed by atoms with Crippen LogP contribution in [0.5, 0.6) is 0 Å². The van der Waals surface area contributed by atoms with E-state index in [1.165, 1.54) is 12.1 Å². The van der Waals surface area contributed by atoms with Crippen molar-refractivity contribution in [1.29, 1.82) is 0 Å². The van der Waals surface area contributed by atoms with Crippen LogP contribution in [0.2, 0.25) is 5.02 Å². The van der Waals surface area contributed by atoms with E-state index in [-0.39, 0.29) is 5.82 Å². The highest BCUT2D eigenvalue weighted by Crippen LogP contribution is 2.17. The average Bonchev–Trinajstić information content (AvgIpc) is 2.68. The number of hydrogen-bond acceptors (Lipinski definition) is 3. The number of hydrogen-bond donors (Lipinski definition) is 2. The molecule has 27 heavy (non-hydrogen) atoms. The zero-order valence-corrected chi connectivity index (χ0v) is 16.7. The maximum absolute atomic E-state index is 13.0. The summed E-state index contributed by atoms with van der Waals surface area (Å²) in [7, 11) is 0. The lowest BCUT2D eigenvalue weighted by Gasteiger charge is -2.36. The van der Waals surface area contributed by atoms with Gasteiger partial charge >= 0.3 is 0 Å². The molecule has 2 N–H and O–H groups in total. The van der Waals surface area contributed by atoms with E-state index in [0.29, 0.717) is 10.1 Å². The fourth-order valence-electron chi connectivity index (χ4n) is 3.09. The molecule has 1 fully saturated rings. The van der Waals surface area contributed by atoms with Gasteiger partial charge in [-0.1, -0.05) is 11.6 Å². The third kappa shape index (κ3) is 6.34. The van der Waals surface area contributed by atoms with Crippen molar-refractivity contribution >= 4 is 40.3 Å². The maximum atomic E-state index is 13.0. The lowest BCUT2D eigenvalue weighted by molar-refractivity contribution is 0.255. The Hall–Kier alpha value is -1.89. The van der Waals surface area contributed by atoms with Crippen LogP contribution in [0.15, 0.2) is 48.5 Å². The normalized spacial score (nSPS) is 14.8. The molecule has 7 heteroatoms. The van der Waals surface area contributed by atoms with Crippen LogP contribution in [0.1, 0.15) is 6.42 Å². The third-order valence-electron chi connectivity index (χ3n) is 4.60. The van der Waals surface area contributed by atoms with Crippen LogP contribution < -0.4 is 15.5 Å². The summed E-state index contributed by atoms with van der Waals surface area (Å²) in [6, 6.07) is 14.2. The molecule has 144 valence electrons.